The molecule has 124 valence electrons. The highest BCUT2D eigenvalue weighted by atomic mass is 28.4. The van der Waals surface area contributed by atoms with Crippen molar-refractivity contribution in [3.63, 3.8) is 0 Å². The SMILES string of the molecule is CCO[Si](CNC(=O)OCc1ccccc1)(OCC)OCC. The lowest BCUT2D eigenvalue weighted by Gasteiger charge is -2.28. The first kappa shape index (κ1) is 18.6. The van der Waals surface area contributed by atoms with Crippen molar-refractivity contribution < 1.29 is 22.8 Å². The Hall–Kier alpha value is -1.41. The van der Waals surface area contributed by atoms with Crippen LogP contribution in [0.5, 0.6) is 0 Å². The monoisotopic (exact) mass is 327 g/mol. The van der Waals surface area contributed by atoms with Gasteiger partial charge in [0.25, 0.3) is 0 Å². The molecule has 0 saturated heterocycles. The number of carbonyl (C=O) groups is 1. The number of benzene rings is 1. The molecule has 0 heterocycles. The molecular weight excluding hydrogens is 302 g/mol. The highest BCUT2D eigenvalue weighted by Crippen LogP contribution is 2.09. The van der Waals surface area contributed by atoms with E-state index in [9.17, 15) is 4.79 Å². The lowest BCUT2D eigenvalue weighted by molar-refractivity contribution is 0.0682. The highest BCUT2D eigenvalue weighted by Gasteiger charge is 2.41. The van der Waals surface area contributed by atoms with E-state index in [-0.39, 0.29) is 12.8 Å². The summed E-state index contributed by atoms with van der Waals surface area (Å²) in [7, 11) is -2.88. The van der Waals surface area contributed by atoms with Gasteiger partial charge in [0.2, 0.25) is 0 Å². The van der Waals surface area contributed by atoms with Crippen molar-refractivity contribution in [3.8, 4) is 0 Å². The third kappa shape index (κ3) is 6.57. The molecule has 1 aromatic carbocycles. The van der Waals surface area contributed by atoms with Gasteiger partial charge in [-0.2, -0.15) is 0 Å². The molecule has 0 fully saturated rings. The quantitative estimate of drug-likeness (QED) is 0.669. The Morgan fingerprint density at radius 1 is 1.00 bits per heavy atom. The Balaban J connectivity index is 2.47. The second kappa shape index (κ2) is 10.3. The molecule has 0 spiro atoms. The van der Waals surface area contributed by atoms with E-state index in [1.807, 2.05) is 51.1 Å². The molecule has 0 aliphatic rings. The van der Waals surface area contributed by atoms with Gasteiger partial charge in [-0.1, -0.05) is 30.3 Å². The van der Waals surface area contributed by atoms with Crippen LogP contribution in [0.4, 0.5) is 4.79 Å². The van der Waals surface area contributed by atoms with Crippen molar-refractivity contribution in [2.24, 2.45) is 0 Å². The standard InChI is InChI=1S/C15H25NO5Si/c1-4-19-22(20-5-2,21-6-3)13-16-15(17)18-12-14-10-8-7-9-11-14/h7-11H,4-6,12-13H2,1-3H3,(H,16,17). The van der Waals surface area contributed by atoms with Crippen LogP contribution in [-0.4, -0.2) is 40.9 Å². The Morgan fingerprint density at radius 2 is 1.55 bits per heavy atom. The van der Waals surface area contributed by atoms with E-state index in [4.69, 9.17) is 18.0 Å². The number of alkyl carbamates (subject to hydrolysis) is 1. The van der Waals surface area contributed by atoms with E-state index in [0.717, 1.165) is 5.56 Å². The van der Waals surface area contributed by atoms with Crippen LogP contribution in [0.3, 0.4) is 0 Å². The van der Waals surface area contributed by atoms with E-state index in [1.54, 1.807) is 0 Å². The van der Waals surface area contributed by atoms with Crippen molar-refractivity contribution >= 4 is 14.9 Å². The van der Waals surface area contributed by atoms with Gasteiger partial charge in [-0.3, -0.25) is 0 Å². The zero-order chi connectivity index (χ0) is 16.3. The molecule has 1 aromatic rings. The molecule has 7 heteroatoms. The van der Waals surface area contributed by atoms with Crippen molar-refractivity contribution in [2.45, 2.75) is 27.4 Å². The minimum Gasteiger partial charge on any atom is -0.445 e. The fraction of sp³-hybridized carbons (Fsp3) is 0.533. The number of hydrogen-bond acceptors (Lipinski definition) is 5. The fourth-order valence-electron chi connectivity index (χ4n) is 1.89. The van der Waals surface area contributed by atoms with Crippen LogP contribution in [0.2, 0.25) is 0 Å². The lowest BCUT2D eigenvalue weighted by Crippen LogP contribution is -2.55. The molecule has 6 nitrogen and oxygen atoms in total. The van der Waals surface area contributed by atoms with Crippen molar-refractivity contribution in [1.82, 2.24) is 5.32 Å². The summed E-state index contributed by atoms with van der Waals surface area (Å²) in [5.74, 6) is 0. The minimum atomic E-state index is -2.88. The molecule has 0 atom stereocenters. The van der Waals surface area contributed by atoms with Gasteiger partial charge in [-0.25, -0.2) is 4.79 Å². The average Bonchev–Trinajstić information content (AvgIpc) is 2.53. The van der Waals surface area contributed by atoms with Gasteiger partial charge in [0.1, 0.15) is 6.61 Å². The maximum Gasteiger partial charge on any atom is 0.521 e. The summed E-state index contributed by atoms with van der Waals surface area (Å²) in [5.41, 5.74) is 0.931. The van der Waals surface area contributed by atoms with E-state index in [1.165, 1.54) is 0 Å². The van der Waals surface area contributed by atoms with Crippen LogP contribution in [0.15, 0.2) is 30.3 Å². The third-order valence-corrected chi connectivity index (χ3v) is 5.55. The van der Waals surface area contributed by atoms with Crippen LogP contribution in [-0.2, 0) is 24.6 Å². The Kier molecular flexibility index (Phi) is 8.76. The van der Waals surface area contributed by atoms with Crippen molar-refractivity contribution in [3.05, 3.63) is 35.9 Å². The summed E-state index contributed by atoms with van der Waals surface area (Å²) in [5, 5.41) is 2.67. The number of nitrogens with one attached hydrogen (secondary N) is 1. The molecule has 22 heavy (non-hydrogen) atoms. The van der Waals surface area contributed by atoms with Crippen LogP contribution < -0.4 is 5.32 Å². The molecule has 0 aromatic heterocycles. The van der Waals surface area contributed by atoms with Gasteiger partial charge in [0.05, 0.1) is 6.17 Å². The number of ether oxygens (including phenoxy) is 1. The second-order valence-corrected chi connectivity index (χ2v) is 6.98. The largest absolute Gasteiger partial charge is 0.521 e. The molecule has 0 bridgehead atoms. The molecular formula is C15H25NO5Si. The first-order valence-corrected chi connectivity index (χ1v) is 9.45. The normalized spacial score (nSPS) is 11.2. The molecule has 0 aliphatic heterocycles. The molecule has 1 N–H and O–H groups in total. The average molecular weight is 327 g/mol. The maximum absolute atomic E-state index is 11.8. The smallest absolute Gasteiger partial charge is 0.445 e. The summed E-state index contributed by atoms with van der Waals surface area (Å²) in [6.45, 7) is 7.22. The topological polar surface area (TPSA) is 66.0 Å². The van der Waals surface area contributed by atoms with E-state index >= 15 is 0 Å². The molecule has 0 unspecified atom stereocenters. The third-order valence-electron chi connectivity index (χ3n) is 2.75. The lowest BCUT2D eigenvalue weighted by atomic mass is 10.2. The zero-order valence-corrected chi connectivity index (χ0v) is 14.5. The van der Waals surface area contributed by atoms with Crippen LogP contribution in [0.25, 0.3) is 0 Å². The van der Waals surface area contributed by atoms with E-state index < -0.39 is 14.9 Å². The number of hydrogen-bond donors (Lipinski definition) is 1. The predicted molar refractivity (Wildman–Crippen MR) is 85.3 cm³/mol. The van der Waals surface area contributed by atoms with Crippen molar-refractivity contribution in [1.29, 1.82) is 0 Å². The highest BCUT2D eigenvalue weighted by molar-refractivity contribution is 6.61. The van der Waals surface area contributed by atoms with Crippen LogP contribution in [0, 0.1) is 0 Å². The summed E-state index contributed by atoms with van der Waals surface area (Å²) < 4.78 is 22.1. The zero-order valence-electron chi connectivity index (χ0n) is 13.5. The molecule has 0 saturated carbocycles. The molecule has 1 amide bonds. The molecule has 1 rings (SSSR count). The summed E-state index contributed by atoms with van der Waals surface area (Å²) in [6, 6.07) is 9.50. The Bertz CT molecular complexity index is 412. The van der Waals surface area contributed by atoms with Gasteiger partial charge in [0, 0.05) is 19.8 Å². The predicted octanol–water partition coefficient (Wildman–Crippen LogP) is 2.50. The first-order valence-electron chi connectivity index (χ1n) is 7.52. The summed E-state index contributed by atoms with van der Waals surface area (Å²) in [4.78, 5) is 11.8. The summed E-state index contributed by atoms with van der Waals surface area (Å²) in [6.07, 6.45) is -0.323. The van der Waals surface area contributed by atoms with Gasteiger partial charge >= 0.3 is 14.9 Å². The van der Waals surface area contributed by atoms with Crippen molar-refractivity contribution in [2.75, 3.05) is 26.0 Å². The Morgan fingerprint density at radius 3 is 2.05 bits per heavy atom. The van der Waals surface area contributed by atoms with Crippen LogP contribution in [0.1, 0.15) is 26.3 Å². The summed E-state index contributed by atoms with van der Waals surface area (Å²) >= 11 is 0. The molecule has 0 radical (unpaired) electrons. The first-order chi connectivity index (χ1) is 10.7. The van der Waals surface area contributed by atoms with Gasteiger partial charge < -0.3 is 23.3 Å². The van der Waals surface area contributed by atoms with E-state index in [2.05, 4.69) is 5.32 Å². The number of amides is 1. The van der Waals surface area contributed by atoms with E-state index in [0.29, 0.717) is 19.8 Å². The maximum atomic E-state index is 11.8. The van der Waals surface area contributed by atoms with Crippen LogP contribution >= 0.6 is 0 Å². The number of rotatable bonds is 10. The van der Waals surface area contributed by atoms with Gasteiger partial charge in [0.15, 0.2) is 0 Å². The molecule has 0 aliphatic carbocycles. The number of carbonyl (C=O) groups excluding carboxylic acids is 1. The Labute approximate surface area is 133 Å². The van der Waals surface area contributed by atoms with Gasteiger partial charge in [-0.05, 0) is 26.3 Å². The van der Waals surface area contributed by atoms with Gasteiger partial charge in [-0.15, -0.1) is 0 Å². The fourth-order valence-corrected chi connectivity index (χ4v) is 4.13. The minimum absolute atomic E-state index is 0.191. The second-order valence-electron chi connectivity index (χ2n) is 4.40.